The van der Waals surface area contributed by atoms with Crippen LogP contribution in [0.1, 0.15) is 21.7 Å². The molecule has 33 heavy (non-hydrogen) atoms. The van der Waals surface area contributed by atoms with Gasteiger partial charge in [0.1, 0.15) is 11.5 Å². The molecule has 0 radical (unpaired) electrons. The molecule has 4 rings (SSSR count). The Balaban J connectivity index is 1.53. The number of nitrogens with one attached hydrogen (secondary N) is 1. The van der Waals surface area contributed by atoms with Crippen LogP contribution in [0.2, 0.25) is 0 Å². The highest BCUT2D eigenvalue weighted by molar-refractivity contribution is 7.91. The van der Waals surface area contributed by atoms with Crippen LogP contribution in [0, 0.1) is 6.92 Å². The molecule has 0 saturated heterocycles. The fourth-order valence-corrected chi connectivity index (χ4v) is 4.99. The Morgan fingerprint density at radius 1 is 1.03 bits per heavy atom. The number of nitrogens with zero attached hydrogens (tertiary/aromatic N) is 1. The van der Waals surface area contributed by atoms with Gasteiger partial charge in [-0.15, -0.1) is 0 Å². The minimum Gasteiger partial charge on any atom is -0.495 e. The molecule has 2 aromatic carbocycles. The first kappa shape index (κ1) is 22.3. The summed E-state index contributed by atoms with van der Waals surface area (Å²) in [6, 6.07) is 13.0. The summed E-state index contributed by atoms with van der Waals surface area (Å²) in [6.45, 7) is 2.03. The van der Waals surface area contributed by atoms with Gasteiger partial charge in [-0.1, -0.05) is 12.1 Å². The average molecular weight is 467 g/mol. The molecule has 0 saturated carbocycles. The SMILES string of the molecule is COc1cc(C)cc(OC)c1S(=O)(=O)c1ccc(CNC(=O)c2cc3ccncc3o2)cc1. The molecule has 2 heterocycles. The summed E-state index contributed by atoms with van der Waals surface area (Å²) in [4.78, 5) is 16.4. The first-order valence-electron chi connectivity index (χ1n) is 10.0. The number of carbonyl (C=O) groups excluding carboxylic acids is 1. The maximum atomic E-state index is 13.3. The van der Waals surface area contributed by atoms with Gasteiger partial charge in [-0.3, -0.25) is 9.78 Å². The summed E-state index contributed by atoms with van der Waals surface area (Å²) in [6.07, 6.45) is 3.17. The number of fused-ring (bicyclic) bond motifs is 1. The molecule has 0 fully saturated rings. The highest BCUT2D eigenvalue weighted by atomic mass is 32.2. The van der Waals surface area contributed by atoms with Crippen molar-refractivity contribution in [3.8, 4) is 11.5 Å². The van der Waals surface area contributed by atoms with Gasteiger partial charge in [0.2, 0.25) is 9.84 Å². The molecule has 0 atom stereocenters. The number of pyridine rings is 1. The van der Waals surface area contributed by atoms with E-state index in [1.807, 2.05) is 6.92 Å². The second-order valence-electron chi connectivity index (χ2n) is 7.35. The maximum Gasteiger partial charge on any atom is 0.287 e. The quantitative estimate of drug-likeness (QED) is 0.440. The Hall–Kier alpha value is -3.85. The van der Waals surface area contributed by atoms with E-state index in [2.05, 4.69) is 10.3 Å². The van der Waals surface area contributed by atoms with Gasteiger partial charge in [-0.05, 0) is 54.4 Å². The zero-order chi connectivity index (χ0) is 23.6. The number of carbonyl (C=O) groups is 1. The van der Waals surface area contributed by atoms with Gasteiger partial charge in [0.05, 0.1) is 25.3 Å². The molecular weight excluding hydrogens is 444 g/mol. The molecular formula is C24H22N2O6S. The van der Waals surface area contributed by atoms with Gasteiger partial charge in [0, 0.05) is 18.1 Å². The number of aryl methyl sites for hydroxylation is 1. The van der Waals surface area contributed by atoms with Crippen molar-refractivity contribution in [3.05, 3.63) is 77.8 Å². The molecule has 170 valence electrons. The number of amides is 1. The van der Waals surface area contributed by atoms with Gasteiger partial charge in [0.25, 0.3) is 5.91 Å². The molecule has 0 bridgehead atoms. The van der Waals surface area contributed by atoms with E-state index in [9.17, 15) is 13.2 Å². The fourth-order valence-electron chi connectivity index (χ4n) is 3.45. The number of methoxy groups -OCH3 is 2. The lowest BCUT2D eigenvalue weighted by molar-refractivity contribution is 0.0925. The number of ether oxygens (including phenoxy) is 2. The highest BCUT2D eigenvalue weighted by Gasteiger charge is 2.27. The van der Waals surface area contributed by atoms with Crippen molar-refractivity contribution < 1.29 is 27.1 Å². The summed E-state index contributed by atoms with van der Waals surface area (Å²) < 4.78 is 42.7. The number of aromatic nitrogens is 1. The molecule has 0 aliphatic carbocycles. The van der Waals surface area contributed by atoms with E-state index < -0.39 is 9.84 Å². The summed E-state index contributed by atoms with van der Waals surface area (Å²) in [5.74, 6) is 0.223. The molecule has 1 amide bonds. The molecule has 4 aromatic rings. The summed E-state index contributed by atoms with van der Waals surface area (Å²) in [5, 5.41) is 3.55. The third-order valence-electron chi connectivity index (χ3n) is 5.11. The van der Waals surface area contributed by atoms with E-state index in [1.54, 1.807) is 48.8 Å². The van der Waals surface area contributed by atoms with Crippen LogP contribution in [0.3, 0.4) is 0 Å². The van der Waals surface area contributed by atoms with Crippen LogP contribution in [0.15, 0.2) is 75.1 Å². The topological polar surface area (TPSA) is 108 Å². The Kier molecular flexibility index (Phi) is 6.06. The van der Waals surface area contributed by atoms with Crippen LogP contribution in [-0.2, 0) is 16.4 Å². The zero-order valence-corrected chi connectivity index (χ0v) is 19.1. The van der Waals surface area contributed by atoms with Crippen LogP contribution in [0.5, 0.6) is 11.5 Å². The predicted octanol–water partition coefficient (Wildman–Crippen LogP) is 3.92. The minimum absolute atomic E-state index is 0.0291. The summed E-state index contributed by atoms with van der Waals surface area (Å²) >= 11 is 0. The Labute approximate surface area is 191 Å². The number of sulfone groups is 1. The monoisotopic (exact) mass is 466 g/mol. The molecule has 9 heteroatoms. The Morgan fingerprint density at radius 3 is 2.30 bits per heavy atom. The second kappa shape index (κ2) is 8.95. The van der Waals surface area contributed by atoms with E-state index in [0.29, 0.717) is 5.58 Å². The van der Waals surface area contributed by atoms with Crippen molar-refractivity contribution in [3.63, 3.8) is 0 Å². The van der Waals surface area contributed by atoms with E-state index in [-0.39, 0.29) is 39.5 Å². The largest absolute Gasteiger partial charge is 0.495 e. The second-order valence-corrected chi connectivity index (χ2v) is 9.24. The van der Waals surface area contributed by atoms with Crippen molar-refractivity contribution in [2.75, 3.05) is 14.2 Å². The van der Waals surface area contributed by atoms with Crippen LogP contribution in [-0.4, -0.2) is 33.5 Å². The highest BCUT2D eigenvalue weighted by Crippen LogP contribution is 2.38. The first-order chi connectivity index (χ1) is 15.8. The van der Waals surface area contributed by atoms with Crippen molar-refractivity contribution >= 4 is 26.7 Å². The van der Waals surface area contributed by atoms with E-state index in [1.165, 1.54) is 26.4 Å². The summed E-state index contributed by atoms with van der Waals surface area (Å²) in [7, 11) is -1.08. The molecule has 2 aromatic heterocycles. The third-order valence-corrected chi connectivity index (χ3v) is 6.94. The molecule has 1 N–H and O–H groups in total. The van der Waals surface area contributed by atoms with Gasteiger partial charge < -0.3 is 19.2 Å². The predicted molar refractivity (Wildman–Crippen MR) is 121 cm³/mol. The first-order valence-corrected chi connectivity index (χ1v) is 11.5. The number of hydrogen-bond acceptors (Lipinski definition) is 7. The lowest BCUT2D eigenvalue weighted by Gasteiger charge is -2.15. The van der Waals surface area contributed by atoms with Crippen molar-refractivity contribution in [2.45, 2.75) is 23.3 Å². The van der Waals surface area contributed by atoms with Crippen molar-refractivity contribution in [1.29, 1.82) is 0 Å². The lowest BCUT2D eigenvalue weighted by atomic mass is 10.2. The third kappa shape index (κ3) is 4.40. The smallest absolute Gasteiger partial charge is 0.287 e. The average Bonchev–Trinajstić information content (AvgIpc) is 3.26. The molecule has 0 aliphatic heterocycles. The standard InChI is InChI=1S/C24H22N2O6S/c1-15-10-19(30-2)23(20(11-15)31-3)33(28,29)18-6-4-16(5-7-18)13-26-24(27)21-12-17-8-9-25-14-22(17)32-21/h4-12,14H,13H2,1-3H3,(H,26,27). The number of benzene rings is 2. The van der Waals surface area contributed by atoms with Crippen LogP contribution in [0.25, 0.3) is 11.0 Å². The number of rotatable bonds is 7. The van der Waals surface area contributed by atoms with Gasteiger partial charge >= 0.3 is 0 Å². The van der Waals surface area contributed by atoms with Gasteiger partial charge in [0.15, 0.2) is 16.2 Å². The lowest BCUT2D eigenvalue weighted by Crippen LogP contribution is -2.22. The fraction of sp³-hybridized carbons (Fsp3) is 0.167. The van der Waals surface area contributed by atoms with E-state index >= 15 is 0 Å². The molecule has 8 nitrogen and oxygen atoms in total. The number of hydrogen-bond donors (Lipinski definition) is 1. The Bertz CT molecular complexity index is 1370. The Morgan fingerprint density at radius 2 is 1.70 bits per heavy atom. The van der Waals surface area contributed by atoms with Crippen molar-refractivity contribution in [1.82, 2.24) is 10.3 Å². The van der Waals surface area contributed by atoms with Crippen molar-refractivity contribution in [2.24, 2.45) is 0 Å². The normalized spacial score (nSPS) is 11.4. The zero-order valence-electron chi connectivity index (χ0n) is 18.3. The van der Waals surface area contributed by atoms with Crippen LogP contribution < -0.4 is 14.8 Å². The van der Waals surface area contributed by atoms with Gasteiger partial charge in [-0.2, -0.15) is 0 Å². The molecule has 0 spiro atoms. The maximum absolute atomic E-state index is 13.3. The summed E-state index contributed by atoms with van der Waals surface area (Å²) in [5.41, 5.74) is 2.07. The van der Waals surface area contributed by atoms with E-state index in [4.69, 9.17) is 13.9 Å². The van der Waals surface area contributed by atoms with Crippen LogP contribution >= 0.6 is 0 Å². The van der Waals surface area contributed by atoms with E-state index in [0.717, 1.165) is 16.5 Å². The number of furan rings is 1. The minimum atomic E-state index is -3.91. The molecule has 0 unspecified atom stereocenters. The van der Waals surface area contributed by atoms with Crippen LogP contribution in [0.4, 0.5) is 0 Å². The van der Waals surface area contributed by atoms with Gasteiger partial charge in [-0.25, -0.2) is 8.42 Å². The molecule has 0 aliphatic rings.